The summed E-state index contributed by atoms with van der Waals surface area (Å²) in [5.41, 5.74) is 1.31. The molecule has 2 nitrogen and oxygen atoms in total. The van der Waals surface area contributed by atoms with Gasteiger partial charge >= 0.3 is 0 Å². The zero-order valence-corrected chi connectivity index (χ0v) is 11.4. The van der Waals surface area contributed by atoms with Crippen LogP contribution in [0.2, 0.25) is 5.02 Å². The van der Waals surface area contributed by atoms with Crippen LogP contribution in [0.15, 0.2) is 24.3 Å². The van der Waals surface area contributed by atoms with Crippen molar-refractivity contribution in [2.75, 3.05) is 19.6 Å². The number of nitrogens with one attached hydrogen (secondary N) is 1. The monoisotopic (exact) mass is 252 g/mol. The summed E-state index contributed by atoms with van der Waals surface area (Å²) in [4.78, 5) is 2.51. The van der Waals surface area contributed by atoms with E-state index in [9.17, 15) is 0 Å². The second-order valence-corrected chi connectivity index (χ2v) is 5.61. The predicted molar refractivity (Wildman–Crippen MR) is 73.4 cm³/mol. The summed E-state index contributed by atoms with van der Waals surface area (Å²) in [5, 5.41) is 4.41. The van der Waals surface area contributed by atoms with E-state index in [1.807, 2.05) is 12.1 Å². The Morgan fingerprint density at radius 2 is 2.29 bits per heavy atom. The lowest BCUT2D eigenvalue weighted by molar-refractivity contribution is 0.168. The van der Waals surface area contributed by atoms with Gasteiger partial charge in [-0.05, 0) is 23.6 Å². The van der Waals surface area contributed by atoms with Gasteiger partial charge in [0.1, 0.15) is 0 Å². The highest BCUT2D eigenvalue weighted by molar-refractivity contribution is 6.30. The Labute approximate surface area is 109 Å². The number of benzene rings is 1. The quantitative estimate of drug-likeness (QED) is 0.890. The van der Waals surface area contributed by atoms with Crippen LogP contribution in [0.4, 0.5) is 0 Å². The lowest BCUT2D eigenvalue weighted by Crippen LogP contribution is -2.52. The normalized spacial score (nSPS) is 22.0. The van der Waals surface area contributed by atoms with Gasteiger partial charge < -0.3 is 5.32 Å². The highest BCUT2D eigenvalue weighted by Gasteiger charge is 2.21. The van der Waals surface area contributed by atoms with E-state index in [-0.39, 0.29) is 0 Å². The van der Waals surface area contributed by atoms with E-state index in [1.54, 1.807) is 0 Å². The van der Waals surface area contributed by atoms with E-state index < -0.39 is 0 Å². The average molecular weight is 253 g/mol. The third kappa shape index (κ3) is 3.70. The molecule has 17 heavy (non-hydrogen) atoms. The highest BCUT2D eigenvalue weighted by Crippen LogP contribution is 2.15. The minimum atomic E-state index is 0.614. The Kier molecular flexibility index (Phi) is 4.43. The molecule has 3 heteroatoms. The van der Waals surface area contributed by atoms with E-state index >= 15 is 0 Å². The highest BCUT2D eigenvalue weighted by atomic mass is 35.5. The van der Waals surface area contributed by atoms with Gasteiger partial charge in [0.2, 0.25) is 0 Å². The van der Waals surface area contributed by atoms with E-state index in [4.69, 9.17) is 11.6 Å². The van der Waals surface area contributed by atoms with E-state index in [1.165, 1.54) is 5.56 Å². The molecule has 1 aliphatic heterocycles. The van der Waals surface area contributed by atoms with Crippen LogP contribution < -0.4 is 5.32 Å². The number of halogens is 1. The van der Waals surface area contributed by atoms with Crippen LogP contribution in [0.1, 0.15) is 19.4 Å². The van der Waals surface area contributed by atoms with Crippen molar-refractivity contribution in [1.82, 2.24) is 10.2 Å². The van der Waals surface area contributed by atoms with Crippen molar-refractivity contribution >= 4 is 11.6 Å². The van der Waals surface area contributed by atoms with E-state index in [0.29, 0.717) is 12.0 Å². The topological polar surface area (TPSA) is 15.3 Å². The summed E-state index contributed by atoms with van der Waals surface area (Å²) in [6.07, 6.45) is 0. The Morgan fingerprint density at radius 3 is 3.00 bits per heavy atom. The van der Waals surface area contributed by atoms with Crippen molar-refractivity contribution in [3.63, 3.8) is 0 Å². The maximum atomic E-state index is 6.01. The molecule has 1 fully saturated rings. The zero-order chi connectivity index (χ0) is 12.3. The second kappa shape index (κ2) is 5.85. The first-order valence-electron chi connectivity index (χ1n) is 6.35. The maximum Gasteiger partial charge on any atom is 0.0409 e. The largest absolute Gasteiger partial charge is 0.311 e. The molecule has 1 aromatic rings. The van der Waals surface area contributed by atoms with Crippen molar-refractivity contribution in [2.45, 2.75) is 26.4 Å². The third-order valence-corrected chi connectivity index (χ3v) is 3.62. The molecule has 0 saturated carbocycles. The molecule has 0 aliphatic carbocycles. The number of piperazine rings is 1. The molecule has 1 aliphatic rings. The van der Waals surface area contributed by atoms with Gasteiger partial charge in [0, 0.05) is 37.2 Å². The minimum absolute atomic E-state index is 0.614. The molecular formula is C14H21ClN2. The molecule has 0 spiro atoms. The average Bonchev–Trinajstić information content (AvgIpc) is 2.29. The molecule has 94 valence electrons. The van der Waals surface area contributed by atoms with Crippen molar-refractivity contribution in [2.24, 2.45) is 5.92 Å². The fourth-order valence-electron chi connectivity index (χ4n) is 2.33. The van der Waals surface area contributed by atoms with Gasteiger partial charge in [0.15, 0.2) is 0 Å². The SMILES string of the molecule is CC(C)C1CN(Cc2cccc(Cl)c2)CCN1. The molecule has 0 bridgehead atoms. The zero-order valence-electron chi connectivity index (χ0n) is 10.6. The van der Waals surface area contributed by atoms with Gasteiger partial charge in [0.25, 0.3) is 0 Å². The fraction of sp³-hybridized carbons (Fsp3) is 0.571. The van der Waals surface area contributed by atoms with Crippen molar-refractivity contribution in [3.05, 3.63) is 34.9 Å². The van der Waals surface area contributed by atoms with Crippen LogP contribution in [0, 0.1) is 5.92 Å². The van der Waals surface area contributed by atoms with E-state index in [0.717, 1.165) is 31.2 Å². The predicted octanol–water partition coefficient (Wildman–Crippen LogP) is 2.77. The molecule has 0 aromatic heterocycles. The molecule has 0 radical (unpaired) electrons. The molecule has 1 heterocycles. The molecule has 1 atom stereocenters. The van der Waals surface area contributed by atoms with Crippen molar-refractivity contribution < 1.29 is 0 Å². The molecular weight excluding hydrogens is 232 g/mol. The molecule has 0 amide bonds. The smallest absolute Gasteiger partial charge is 0.0409 e. The summed E-state index contributed by atoms with van der Waals surface area (Å²) >= 11 is 6.01. The summed E-state index contributed by atoms with van der Waals surface area (Å²) in [7, 11) is 0. The minimum Gasteiger partial charge on any atom is -0.311 e. The standard InChI is InChI=1S/C14H21ClN2/c1-11(2)14-10-17(7-6-16-14)9-12-4-3-5-13(15)8-12/h3-5,8,11,14,16H,6-7,9-10H2,1-2H3. The Morgan fingerprint density at radius 1 is 1.47 bits per heavy atom. The Hall–Kier alpha value is -0.570. The van der Waals surface area contributed by atoms with Gasteiger partial charge in [-0.25, -0.2) is 0 Å². The van der Waals surface area contributed by atoms with Crippen molar-refractivity contribution in [3.8, 4) is 0 Å². The van der Waals surface area contributed by atoms with Crippen LogP contribution in [-0.4, -0.2) is 30.6 Å². The Bertz CT molecular complexity index is 365. The molecule has 1 saturated heterocycles. The first-order chi connectivity index (χ1) is 8.15. The maximum absolute atomic E-state index is 6.01. The van der Waals surface area contributed by atoms with Crippen molar-refractivity contribution in [1.29, 1.82) is 0 Å². The van der Waals surface area contributed by atoms with Gasteiger partial charge in [0.05, 0.1) is 0 Å². The number of nitrogens with zero attached hydrogens (tertiary/aromatic N) is 1. The summed E-state index contributed by atoms with van der Waals surface area (Å²) in [5.74, 6) is 0.692. The number of hydrogen-bond acceptors (Lipinski definition) is 2. The van der Waals surface area contributed by atoms with Crippen LogP contribution in [-0.2, 0) is 6.54 Å². The van der Waals surface area contributed by atoms with Gasteiger partial charge in [-0.1, -0.05) is 37.6 Å². The van der Waals surface area contributed by atoms with Gasteiger partial charge in [-0.3, -0.25) is 4.90 Å². The molecule has 1 aromatic carbocycles. The fourth-order valence-corrected chi connectivity index (χ4v) is 2.54. The second-order valence-electron chi connectivity index (χ2n) is 5.17. The summed E-state index contributed by atoms with van der Waals surface area (Å²) < 4.78 is 0. The first-order valence-corrected chi connectivity index (χ1v) is 6.73. The third-order valence-electron chi connectivity index (χ3n) is 3.39. The lowest BCUT2D eigenvalue weighted by Gasteiger charge is -2.35. The number of rotatable bonds is 3. The van der Waals surface area contributed by atoms with Gasteiger partial charge in [-0.2, -0.15) is 0 Å². The molecule has 1 unspecified atom stereocenters. The van der Waals surface area contributed by atoms with Crippen LogP contribution in [0.25, 0.3) is 0 Å². The summed E-state index contributed by atoms with van der Waals surface area (Å²) in [6, 6.07) is 8.79. The van der Waals surface area contributed by atoms with Crippen LogP contribution in [0.5, 0.6) is 0 Å². The Balaban J connectivity index is 1.94. The summed E-state index contributed by atoms with van der Waals surface area (Å²) in [6.45, 7) is 8.90. The van der Waals surface area contributed by atoms with Gasteiger partial charge in [-0.15, -0.1) is 0 Å². The first kappa shape index (κ1) is 12.9. The van der Waals surface area contributed by atoms with Crippen LogP contribution in [0.3, 0.4) is 0 Å². The van der Waals surface area contributed by atoms with Crippen LogP contribution >= 0.6 is 11.6 Å². The number of hydrogen-bond donors (Lipinski definition) is 1. The molecule has 1 N–H and O–H groups in total. The van der Waals surface area contributed by atoms with E-state index in [2.05, 4.69) is 36.2 Å². The lowest BCUT2D eigenvalue weighted by atomic mass is 10.0. The molecule has 2 rings (SSSR count).